The number of phosphoric ester groups is 2. The molecule has 0 bridgehead atoms. The minimum Gasteiger partial charge on any atom is -0.462 e. The molecule has 19 heteroatoms. The number of hydrogen-bond acceptors (Lipinski definition) is 15. The Bertz CT molecular complexity index is 2340. The van der Waals surface area contributed by atoms with Crippen molar-refractivity contribution < 1.29 is 80.2 Å². The van der Waals surface area contributed by atoms with Crippen molar-refractivity contribution in [3.8, 4) is 0 Å². The average Bonchev–Trinajstić information content (AvgIpc) is 0.986. The molecule has 562 valence electrons. The van der Waals surface area contributed by atoms with Gasteiger partial charge < -0.3 is 33.8 Å². The molecule has 0 aliphatic carbocycles. The molecule has 0 aliphatic heterocycles. The number of carbonyl (C=O) groups excluding carboxylic acids is 4. The van der Waals surface area contributed by atoms with Crippen molar-refractivity contribution in [3.63, 3.8) is 0 Å². The zero-order valence-corrected chi connectivity index (χ0v) is 63.0. The Morgan fingerprint density at radius 2 is 0.551 bits per heavy atom. The molecule has 17 nitrogen and oxygen atoms in total. The van der Waals surface area contributed by atoms with Gasteiger partial charge >= 0.3 is 39.5 Å². The van der Waals surface area contributed by atoms with Gasteiger partial charge in [0.25, 0.3) is 0 Å². The second-order valence-corrected chi connectivity index (χ2v) is 27.8. The van der Waals surface area contributed by atoms with Crippen LogP contribution in [0.2, 0.25) is 0 Å². The molecule has 0 rings (SSSR count). The van der Waals surface area contributed by atoms with Gasteiger partial charge in [0.2, 0.25) is 0 Å². The molecule has 3 N–H and O–H groups in total. The summed E-state index contributed by atoms with van der Waals surface area (Å²) in [6.07, 6.45) is 76.3. The lowest BCUT2D eigenvalue weighted by Crippen LogP contribution is -2.30. The van der Waals surface area contributed by atoms with Crippen LogP contribution in [0.5, 0.6) is 0 Å². The molecular weight excluding hydrogens is 1280 g/mol. The Morgan fingerprint density at radius 3 is 0.898 bits per heavy atom. The van der Waals surface area contributed by atoms with E-state index in [1.165, 1.54) is 51.4 Å². The number of allylic oxidation sites excluding steroid dienone is 20. The molecule has 0 aromatic carbocycles. The summed E-state index contributed by atoms with van der Waals surface area (Å²) in [7, 11) is -9.97. The Kier molecular flexibility index (Phi) is 67.6. The van der Waals surface area contributed by atoms with E-state index in [0.717, 1.165) is 161 Å². The van der Waals surface area contributed by atoms with E-state index in [4.69, 9.17) is 37.0 Å². The van der Waals surface area contributed by atoms with Crippen molar-refractivity contribution in [2.75, 3.05) is 39.6 Å². The number of ether oxygens (including phenoxy) is 4. The highest BCUT2D eigenvalue weighted by molar-refractivity contribution is 7.47. The first-order valence-electron chi connectivity index (χ1n) is 37.8. The topological polar surface area (TPSA) is 237 Å². The summed E-state index contributed by atoms with van der Waals surface area (Å²) in [6.45, 7) is 4.55. The van der Waals surface area contributed by atoms with Crippen molar-refractivity contribution >= 4 is 39.5 Å². The minimum atomic E-state index is -4.99. The van der Waals surface area contributed by atoms with Crippen molar-refractivity contribution in [1.82, 2.24) is 0 Å². The van der Waals surface area contributed by atoms with Gasteiger partial charge in [-0.3, -0.25) is 37.3 Å². The standard InChI is InChI=1S/C79H134O17P2/c1-5-9-13-17-21-25-29-32-35-36-39-41-45-48-52-56-60-64-77(82)89-69-74(95-78(83)65-61-57-53-49-43-28-24-20-16-12-8-4)71-93-97(85,86)91-67-73(80)68-92-98(87,88)94-72-75(96-79(84)66-62-58-54-50-46-42-38-34-31-27-23-19-15-11-7-3)70-90-76(81)63-59-55-51-47-44-40-37-33-30-26-22-18-14-10-6-2/h9,13,20-27,32-35,37-39,41,48,52,73-75,80H,5-8,10-12,14-19,28-31,36,40,42-47,49-51,53-72H2,1-4H3,(H,85,86)(H,87,88)/b13-9-,24-20-,25-21-,26-22-,27-23-,35-32-,37-33-,38-34-,41-39-,52-48-. The molecule has 0 aromatic heterocycles. The van der Waals surface area contributed by atoms with Gasteiger partial charge in [-0.15, -0.1) is 0 Å². The van der Waals surface area contributed by atoms with Gasteiger partial charge in [0.1, 0.15) is 19.3 Å². The summed E-state index contributed by atoms with van der Waals surface area (Å²) in [6, 6.07) is 0. The van der Waals surface area contributed by atoms with Crippen LogP contribution in [0, 0.1) is 0 Å². The Hall–Kier alpha value is -4.54. The second kappa shape index (κ2) is 70.9. The maximum Gasteiger partial charge on any atom is 0.472 e. The van der Waals surface area contributed by atoms with Crippen LogP contribution in [0.3, 0.4) is 0 Å². The summed E-state index contributed by atoms with van der Waals surface area (Å²) in [5.41, 5.74) is 0. The van der Waals surface area contributed by atoms with Crippen LogP contribution in [-0.4, -0.2) is 96.7 Å². The molecule has 0 radical (unpaired) electrons. The second-order valence-electron chi connectivity index (χ2n) is 24.8. The third-order valence-corrected chi connectivity index (χ3v) is 17.3. The molecule has 5 atom stereocenters. The smallest absolute Gasteiger partial charge is 0.462 e. The van der Waals surface area contributed by atoms with E-state index in [1.54, 1.807) is 0 Å². The number of aliphatic hydroxyl groups is 1. The summed E-state index contributed by atoms with van der Waals surface area (Å²) < 4.78 is 68.3. The summed E-state index contributed by atoms with van der Waals surface area (Å²) in [5, 5.41) is 10.6. The normalized spacial score (nSPS) is 14.6. The fraction of sp³-hybridized carbons (Fsp3) is 0.696. The number of aliphatic hydroxyl groups excluding tert-OH is 1. The van der Waals surface area contributed by atoms with E-state index in [1.807, 2.05) is 12.2 Å². The Morgan fingerprint density at radius 1 is 0.296 bits per heavy atom. The average molecular weight is 1420 g/mol. The first-order chi connectivity index (χ1) is 47.7. The Labute approximate surface area is 593 Å². The number of hydrogen-bond donors (Lipinski definition) is 3. The highest BCUT2D eigenvalue weighted by Gasteiger charge is 2.30. The number of phosphoric acid groups is 2. The summed E-state index contributed by atoms with van der Waals surface area (Å²) >= 11 is 0. The molecule has 0 spiro atoms. The van der Waals surface area contributed by atoms with E-state index in [-0.39, 0.29) is 25.7 Å². The maximum atomic E-state index is 13.1. The predicted molar refractivity (Wildman–Crippen MR) is 399 cm³/mol. The first-order valence-corrected chi connectivity index (χ1v) is 40.8. The number of carbonyl (C=O) groups is 4. The van der Waals surface area contributed by atoms with Gasteiger partial charge in [-0.05, 0) is 148 Å². The van der Waals surface area contributed by atoms with Crippen molar-refractivity contribution in [1.29, 1.82) is 0 Å². The third kappa shape index (κ3) is 69.9. The zero-order chi connectivity index (χ0) is 71.8. The van der Waals surface area contributed by atoms with E-state index in [2.05, 4.69) is 137 Å². The summed E-state index contributed by atoms with van der Waals surface area (Å²) in [4.78, 5) is 72.8. The van der Waals surface area contributed by atoms with Gasteiger partial charge in [-0.25, -0.2) is 9.13 Å². The minimum absolute atomic E-state index is 0.0694. The molecular formula is C79H134O17P2. The van der Waals surface area contributed by atoms with Gasteiger partial charge in [0.05, 0.1) is 26.4 Å². The Balaban J connectivity index is 5.40. The van der Waals surface area contributed by atoms with Crippen LogP contribution in [0.15, 0.2) is 122 Å². The SMILES string of the molecule is CC/C=C\C/C=C\C/C=C\C/C=C\C/C=C\CCCC(=O)OCC(COP(=O)(O)OCC(O)COP(=O)(O)OCC(COC(=O)CCCCCCC/C=C\C/C=C\CCCCC)OC(=O)CCCCCCC/C=C\C/C=C\CCCCC)OC(=O)CCCCCCC/C=C\CCCC. The van der Waals surface area contributed by atoms with Gasteiger partial charge in [-0.1, -0.05) is 246 Å². The lowest BCUT2D eigenvalue weighted by Gasteiger charge is -2.21. The third-order valence-electron chi connectivity index (χ3n) is 15.4. The van der Waals surface area contributed by atoms with E-state index >= 15 is 0 Å². The molecule has 0 fully saturated rings. The maximum absolute atomic E-state index is 13.1. The fourth-order valence-electron chi connectivity index (χ4n) is 9.59. The van der Waals surface area contributed by atoms with E-state index < -0.39 is 97.5 Å². The van der Waals surface area contributed by atoms with Crippen LogP contribution in [0.1, 0.15) is 297 Å². The lowest BCUT2D eigenvalue weighted by molar-refractivity contribution is -0.161. The largest absolute Gasteiger partial charge is 0.472 e. The monoisotopic (exact) mass is 1420 g/mol. The zero-order valence-electron chi connectivity index (χ0n) is 61.2. The van der Waals surface area contributed by atoms with Gasteiger partial charge in [0, 0.05) is 25.7 Å². The summed E-state index contributed by atoms with van der Waals surface area (Å²) in [5.74, 6) is -2.28. The van der Waals surface area contributed by atoms with Gasteiger partial charge in [-0.2, -0.15) is 0 Å². The molecule has 0 saturated carbocycles. The molecule has 98 heavy (non-hydrogen) atoms. The molecule has 0 aromatic rings. The van der Waals surface area contributed by atoms with Crippen LogP contribution < -0.4 is 0 Å². The predicted octanol–water partition coefficient (Wildman–Crippen LogP) is 21.6. The van der Waals surface area contributed by atoms with Crippen LogP contribution in [0.4, 0.5) is 0 Å². The highest BCUT2D eigenvalue weighted by atomic mass is 31.2. The quantitative estimate of drug-likeness (QED) is 0.0169. The fourth-order valence-corrected chi connectivity index (χ4v) is 11.2. The molecule has 0 aliphatic rings. The van der Waals surface area contributed by atoms with Crippen molar-refractivity contribution in [3.05, 3.63) is 122 Å². The molecule has 0 heterocycles. The highest BCUT2D eigenvalue weighted by Crippen LogP contribution is 2.45. The lowest BCUT2D eigenvalue weighted by atomic mass is 10.1. The molecule has 0 amide bonds. The van der Waals surface area contributed by atoms with Crippen LogP contribution >= 0.6 is 15.6 Å². The van der Waals surface area contributed by atoms with Crippen molar-refractivity contribution in [2.45, 2.75) is 316 Å². The van der Waals surface area contributed by atoms with Crippen LogP contribution in [0.25, 0.3) is 0 Å². The molecule has 0 saturated heterocycles. The number of rotatable bonds is 70. The molecule has 5 unspecified atom stereocenters. The number of esters is 4. The van der Waals surface area contributed by atoms with Crippen molar-refractivity contribution in [2.24, 2.45) is 0 Å². The van der Waals surface area contributed by atoms with E-state index in [9.17, 15) is 43.2 Å². The van der Waals surface area contributed by atoms with E-state index in [0.29, 0.717) is 32.1 Å². The number of unbranched alkanes of at least 4 members (excludes halogenated alkanes) is 24. The van der Waals surface area contributed by atoms with Gasteiger partial charge in [0.15, 0.2) is 12.2 Å². The van der Waals surface area contributed by atoms with Crippen LogP contribution in [-0.2, 0) is 65.4 Å². The first kappa shape index (κ1) is 93.5.